The van der Waals surface area contributed by atoms with Crippen LogP contribution in [0.1, 0.15) is 11.3 Å². The fourth-order valence-electron chi connectivity index (χ4n) is 2.46. The van der Waals surface area contributed by atoms with E-state index in [9.17, 15) is 4.79 Å². The third-order valence-electron chi connectivity index (χ3n) is 3.57. The third-order valence-corrected chi connectivity index (χ3v) is 4.31. The van der Waals surface area contributed by atoms with E-state index < -0.39 is 0 Å². The number of rotatable bonds is 2. The molecule has 2 heterocycles. The Hall–Kier alpha value is -2.34. The van der Waals surface area contributed by atoms with Crippen LogP contribution in [-0.2, 0) is 6.42 Å². The van der Waals surface area contributed by atoms with Crippen LogP contribution in [0.5, 0.6) is 11.5 Å². The first-order chi connectivity index (χ1) is 10.7. The Balaban J connectivity index is 1.78. The van der Waals surface area contributed by atoms with Gasteiger partial charge in [0.2, 0.25) is 6.79 Å². The highest BCUT2D eigenvalue weighted by Crippen LogP contribution is 2.37. The van der Waals surface area contributed by atoms with E-state index in [2.05, 4.69) is 25.9 Å². The molecule has 1 aromatic heterocycles. The number of nitrogens with one attached hydrogen (secondary N) is 1. The van der Waals surface area contributed by atoms with Crippen LogP contribution >= 0.6 is 15.9 Å². The summed E-state index contributed by atoms with van der Waals surface area (Å²) in [6.45, 7) is 0.222. The van der Waals surface area contributed by atoms with Crippen molar-refractivity contribution in [1.29, 1.82) is 0 Å². The maximum atomic E-state index is 12.2. The zero-order valence-electron chi connectivity index (χ0n) is 11.4. The lowest BCUT2D eigenvalue weighted by Gasteiger charge is -2.06. The molecule has 0 spiro atoms. The Morgan fingerprint density at radius 2 is 1.95 bits per heavy atom. The summed E-state index contributed by atoms with van der Waals surface area (Å²) in [5.74, 6) is 1.39. The molecule has 5 nitrogen and oxygen atoms in total. The molecule has 110 valence electrons. The fourth-order valence-corrected chi connectivity index (χ4v) is 2.92. The van der Waals surface area contributed by atoms with Gasteiger partial charge in [0.05, 0.1) is 11.0 Å². The van der Waals surface area contributed by atoms with Crippen LogP contribution in [0.4, 0.5) is 0 Å². The summed E-state index contributed by atoms with van der Waals surface area (Å²) >= 11 is 3.51. The Morgan fingerprint density at radius 1 is 1.18 bits per heavy atom. The first kappa shape index (κ1) is 13.3. The second-order valence-corrected chi connectivity index (χ2v) is 5.86. The van der Waals surface area contributed by atoms with Crippen molar-refractivity contribution < 1.29 is 9.47 Å². The maximum Gasteiger partial charge on any atom is 0.270 e. The summed E-state index contributed by atoms with van der Waals surface area (Å²) in [6, 6.07) is 11.2. The molecule has 0 saturated heterocycles. The van der Waals surface area contributed by atoms with Gasteiger partial charge in [0.15, 0.2) is 11.5 Å². The summed E-state index contributed by atoms with van der Waals surface area (Å²) in [5.41, 5.74) is 2.73. The van der Waals surface area contributed by atoms with Gasteiger partial charge in [-0.05, 0) is 29.8 Å². The molecule has 2 aromatic carbocycles. The predicted molar refractivity (Wildman–Crippen MR) is 85.4 cm³/mol. The number of aromatic amines is 1. The fraction of sp³-hybridized carbons (Fsp3) is 0.125. The number of hydrogen-bond donors (Lipinski definition) is 1. The molecule has 1 aliphatic rings. The molecule has 0 atom stereocenters. The minimum Gasteiger partial charge on any atom is -0.454 e. The average Bonchev–Trinajstić information content (AvgIpc) is 2.95. The molecule has 6 heteroatoms. The lowest BCUT2D eigenvalue weighted by molar-refractivity contribution is 0.174. The number of nitrogens with zero attached hydrogens (tertiary/aromatic N) is 1. The van der Waals surface area contributed by atoms with Crippen LogP contribution in [0.15, 0.2) is 45.7 Å². The van der Waals surface area contributed by atoms with Gasteiger partial charge in [-0.1, -0.05) is 28.1 Å². The van der Waals surface area contributed by atoms with E-state index >= 15 is 0 Å². The van der Waals surface area contributed by atoms with Crippen molar-refractivity contribution in [2.24, 2.45) is 0 Å². The SMILES string of the molecule is O=c1[nH]c2ccccc2nc1Cc1cc2c(cc1Br)OCO2. The van der Waals surface area contributed by atoms with Crippen LogP contribution in [0.3, 0.4) is 0 Å². The largest absolute Gasteiger partial charge is 0.454 e. The molecule has 3 aromatic rings. The van der Waals surface area contributed by atoms with Crippen molar-refractivity contribution in [3.05, 3.63) is 62.5 Å². The van der Waals surface area contributed by atoms with Crippen LogP contribution in [-0.4, -0.2) is 16.8 Å². The van der Waals surface area contributed by atoms with Crippen molar-refractivity contribution in [1.82, 2.24) is 9.97 Å². The quantitative estimate of drug-likeness (QED) is 0.764. The van der Waals surface area contributed by atoms with Gasteiger partial charge in [-0.3, -0.25) is 4.79 Å². The van der Waals surface area contributed by atoms with Crippen molar-refractivity contribution in [2.75, 3.05) is 6.79 Å². The number of H-pyrrole nitrogens is 1. The predicted octanol–water partition coefficient (Wildman–Crippen LogP) is 3.01. The smallest absolute Gasteiger partial charge is 0.270 e. The number of ether oxygens (including phenoxy) is 2. The van der Waals surface area contributed by atoms with E-state index in [0.29, 0.717) is 23.6 Å². The van der Waals surface area contributed by atoms with Crippen LogP contribution in [0, 0.1) is 0 Å². The second kappa shape index (κ2) is 5.14. The number of benzene rings is 2. The number of hydrogen-bond acceptors (Lipinski definition) is 4. The van der Waals surface area contributed by atoms with E-state index in [4.69, 9.17) is 9.47 Å². The van der Waals surface area contributed by atoms with E-state index in [0.717, 1.165) is 21.1 Å². The molecule has 0 saturated carbocycles. The van der Waals surface area contributed by atoms with Crippen molar-refractivity contribution in [3.63, 3.8) is 0 Å². The lowest BCUT2D eigenvalue weighted by Crippen LogP contribution is -2.15. The van der Waals surface area contributed by atoms with Gasteiger partial charge in [0.25, 0.3) is 5.56 Å². The van der Waals surface area contributed by atoms with Gasteiger partial charge in [0.1, 0.15) is 5.69 Å². The Morgan fingerprint density at radius 3 is 2.82 bits per heavy atom. The highest BCUT2D eigenvalue weighted by Gasteiger charge is 2.17. The van der Waals surface area contributed by atoms with E-state index in [1.165, 1.54) is 0 Å². The Labute approximate surface area is 134 Å². The van der Waals surface area contributed by atoms with Crippen molar-refractivity contribution >= 4 is 27.0 Å². The summed E-state index contributed by atoms with van der Waals surface area (Å²) in [4.78, 5) is 19.5. The summed E-state index contributed by atoms with van der Waals surface area (Å²) in [6.07, 6.45) is 0.414. The number of para-hydroxylation sites is 2. The minimum atomic E-state index is -0.178. The molecule has 1 N–H and O–H groups in total. The zero-order valence-corrected chi connectivity index (χ0v) is 13.0. The van der Waals surface area contributed by atoms with E-state index in [1.807, 2.05) is 36.4 Å². The molecule has 0 bridgehead atoms. The normalized spacial score (nSPS) is 12.8. The molecular weight excluding hydrogens is 348 g/mol. The number of aromatic nitrogens is 2. The highest BCUT2D eigenvalue weighted by molar-refractivity contribution is 9.10. The molecule has 0 unspecified atom stereocenters. The number of halogens is 1. The molecule has 1 aliphatic heterocycles. The first-order valence-corrected chi connectivity index (χ1v) is 7.56. The van der Waals surface area contributed by atoms with Gasteiger partial charge in [-0.15, -0.1) is 0 Å². The summed E-state index contributed by atoms with van der Waals surface area (Å²) in [7, 11) is 0. The molecular formula is C16H11BrN2O3. The molecule has 4 rings (SSSR count). The molecule has 0 fully saturated rings. The van der Waals surface area contributed by atoms with Crippen LogP contribution in [0.25, 0.3) is 11.0 Å². The lowest BCUT2D eigenvalue weighted by atomic mass is 10.1. The monoisotopic (exact) mass is 358 g/mol. The maximum absolute atomic E-state index is 12.2. The highest BCUT2D eigenvalue weighted by atomic mass is 79.9. The average molecular weight is 359 g/mol. The van der Waals surface area contributed by atoms with Gasteiger partial charge >= 0.3 is 0 Å². The third kappa shape index (κ3) is 2.25. The second-order valence-electron chi connectivity index (χ2n) is 5.00. The van der Waals surface area contributed by atoms with Gasteiger partial charge < -0.3 is 14.5 Å². The topological polar surface area (TPSA) is 64.2 Å². The standard InChI is InChI=1S/C16H11BrN2O3/c17-10-7-15-14(21-8-22-15)6-9(10)5-13-16(20)19-12-4-2-1-3-11(12)18-13/h1-4,6-7H,5,8H2,(H,19,20). The Bertz CT molecular complexity index is 936. The first-order valence-electron chi connectivity index (χ1n) is 6.77. The van der Waals surface area contributed by atoms with E-state index in [-0.39, 0.29) is 12.4 Å². The van der Waals surface area contributed by atoms with Gasteiger partial charge in [-0.2, -0.15) is 0 Å². The van der Waals surface area contributed by atoms with Gasteiger partial charge in [0, 0.05) is 10.9 Å². The zero-order chi connectivity index (χ0) is 15.1. The molecule has 0 amide bonds. The van der Waals surface area contributed by atoms with Crippen molar-refractivity contribution in [3.8, 4) is 11.5 Å². The van der Waals surface area contributed by atoms with Crippen LogP contribution < -0.4 is 15.0 Å². The van der Waals surface area contributed by atoms with E-state index in [1.54, 1.807) is 0 Å². The number of fused-ring (bicyclic) bond motifs is 2. The van der Waals surface area contributed by atoms with Crippen molar-refractivity contribution in [2.45, 2.75) is 6.42 Å². The van der Waals surface area contributed by atoms with Crippen LogP contribution in [0.2, 0.25) is 0 Å². The minimum absolute atomic E-state index is 0.178. The molecule has 22 heavy (non-hydrogen) atoms. The summed E-state index contributed by atoms with van der Waals surface area (Å²) < 4.78 is 11.6. The summed E-state index contributed by atoms with van der Waals surface area (Å²) in [5, 5.41) is 0. The van der Waals surface area contributed by atoms with Gasteiger partial charge in [-0.25, -0.2) is 4.98 Å². The molecule has 0 radical (unpaired) electrons. The Kier molecular flexibility index (Phi) is 3.11. The molecule has 0 aliphatic carbocycles.